The topological polar surface area (TPSA) is 213 Å². The second-order valence-corrected chi connectivity index (χ2v) is 33.9. The van der Waals surface area contributed by atoms with Gasteiger partial charge in [0.05, 0.1) is 79.8 Å². The first-order valence-corrected chi connectivity index (χ1v) is 43.4. The van der Waals surface area contributed by atoms with Crippen LogP contribution in [0.3, 0.4) is 0 Å². The Morgan fingerprint density at radius 1 is 0.208 bits per heavy atom. The van der Waals surface area contributed by atoms with Crippen molar-refractivity contribution in [3.63, 3.8) is 0 Å². The third kappa shape index (κ3) is 18.5. The first kappa shape index (κ1) is 87.8. The first-order valence-electron chi connectivity index (χ1n) is 43.4. The van der Waals surface area contributed by atoms with Gasteiger partial charge in [0.15, 0.2) is 39.2 Å². The summed E-state index contributed by atoms with van der Waals surface area (Å²) in [5.41, 5.74) is 44.4. The highest BCUT2D eigenvalue weighted by Crippen LogP contribution is 2.39. The van der Waals surface area contributed by atoms with Crippen LogP contribution in [0.1, 0.15) is 83.5 Å². The second-order valence-electron chi connectivity index (χ2n) is 33.9. The molecule has 0 fully saturated rings. The van der Waals surface area contributed by atoms with E-state index in [2.05, 4.69) is 362 Å². The fourth-order valence-corrected chi connectivity index (χ4v) is 17.3. The smallest absolute Gasteiger partial charge is 0.265 e. The van der Waals surface area contributed by atoms with Crippen molar-refractivity contribution in [3.05, 3.63) is 360 Å². The largest absolute Gasteiger partial charge is 0.287 e. The molecule has 20 nitrogen and oxygen atoms in total. The average Bonchev–Trinajstić information content (AvgIpc) is 0.783. The maximum absolute atomic E-state index is 4.67. The average molecular weight is 1710 g/mol. The minimum Gasteiger partial charge on any atom is -0.265 e. The number of rotatable bonds is 10. The molecule has 10 aromatic heterocycles. The molecular formula is C110H105N20+5. The van der Waals surface area contributed by atoms with Crippen molar-refractivity contribution >= 4 is 54.5 Å². The zero-order chi connectivity index (χ0) is 91.3. The van der Waals surface area contributed by atoms with Crippen LogP contribution in [-0.4, -0.2) is 74.8 Å². The van der Waals surface area contributed by atoms with Gasteiger partial charge in [0.1, 0.15) is 47.5 Å². The van der Waals surface area contributed by atoms with Crippen molar-refractivity contribution in [2.45, 2.75) is 104 Å². The van der Waals surface area contributed by atoms with Crippen molar-refractivity contribution in [2.75, 3.05) is 0 Å². The van der Waals surface area contributed by atoms with Crippen LogP contribution in [0.4, 0.5) is 0 Å². The molecular weight excluding hydrogens is 1600 g/mol. The fourth-order valence-electron chi connectivity index (χ4n) is 17.3. The van der Waals surface area contributed by atoms with E-state index in [0.29, 0.717) is 11.6 Å². The quantitative estimate of drug-likeness (QED) is 0.116. The zero-order valence-corrected chi connectivity index (χ0v) is 77.4. The summed E-state index contributed by atoms with van der Waals surface area (Å²) in [7, 11) is 10.3. The van der Waals surface area contributed by atoms with Gasteiger partial charge in [-0.2, -0.15) is 0 Å². The highest BCUT2D eigenvalue weighted by molar-refractivity contribution is 5.99. The van der Waals surface area contributed by atoms with Crippen molar-refractivity contribution in [3.8, 4) is 113 Å². The second kappa shape index (κ2) is 37.8. The van der Waals surface area contributed by atoms with E-state index in [-0.39, 0.29) is 0 Å². The van der Waals surface area contributed by atoms with Gasteiger partial charge in [-0.25, -0.2) is 57.7 Å². The molecule has 0 N–H and O–H groups in total. The molecule has 10 aromatic carbocycles. The summed E-state index contributed by atoms with van der Waals surface area (Å²) < 4.78 is 10.5. The van der Waals surface area contributed by atoms with Gasteiger partial charge in [-0.3, -0.25) is 15.0 Å². The lowest BCUT2D eigenvalue weighted by molar-refractivity contribution is -0.662. The van der Waals surface area contributed by atoms with Crippen LogP contribution >= 0.6 is 0 Å². The Hall–Kier alpha value is -15.7. The highest BCUT2D eigenvalue weighted by Gasteiger charge is 2.26. The van der Waals surface area contributed by atoms with E-state index in [9.17, 15) is 0 Å². The van der Waals surface area contributed by atoms with E-state index >= 15 is 0 Å². The van der Waals surface area contributed by atoms with Gasteiger partial charge in [0, 0.05) is 106 Å². The Morgan fingerprint density at radius 3 is 0.838 bits per heavy atom. The van der Waals surface area contributed by atoms with Gasteiger partial charge in [-0.1, -0.05) is 88.5 Å². The molecule has 0 spiro atoms. The van der Waals surface area contributed by atoms with E-state index in [0.717, 1.165) is 93.9 Å². The number of pyridine rings is 1. The molecule has 20 heteroatoms. The Kier molecular flexibility index (Phi) is 25.6. The molecule has 10 heterocycles. The van der Waals surface area contributed by atoms with Gasteiger partial charge in [-0.15, -0.1) is 0 Å². The SMILES string of the molecule is Cc1cc(C)c(C)c(-c2c3ccc(-c4ccncc4)cc3nc[n+]2C)c1.Cc1cc(C)c(C)c(-c2c3ccc(-c4ccncn4)cc3nc[n+]2C)c1.Cc1cc(C)c(C)c(-c2c3ccc(-c4cnccn4)cc3nc[n+]2C)c1.Cc1cc(C)c(C)c(-c2c3ccc(-c4ncccn4)cc3nc[n+]2C)c1.Cc1cc(C)c(C)c(-c2c3ccc(-c4ncncn4)cc3nc[n+]2C)c1. The Bertz CT molecular complexity index is 6650. The molecule has 0 atom stereocenters. The van der Waals surface area contributed by atoms with Gasteiger partial charge in [0.2, 0.25) is 0 Å². The zero-order valence-electron chi connectivity index (χ0n) is 77.4. The molecule has 20 rings (SSSR count). The Morgan fingerprint density at radius 2 is 0.508 bits per heavy atom. The third-order valence-corrected chi connectivity index (χ3v) is 24.5. The maximum Gasteiger partial charge on any atom is 0.287 e. The fraction of sp³-hybridized carbons (Fsp3) is 0.182. The number of aromatic nitrogens is 20. The standard InChI is InChI=1S/C23H22N3.3C22H21N4.C21H20N5/c1-15-11-16(2)17(3)21(12-15)23-20-6-5-19(18-7-9-24-10-8-18)13-22(20)25-14-26(23)4;1-14-10-15(2)16(3)19(11-14)21-18-7-6-17(22-23-8-5-9-24-22)12-20(18)25-13-26(21)4;1-14-9-15(2)16(3)19(10-14)22-18-6-5-17(21-12-23-7-8-24-21)11-20(18)25-13-26(22)4;1-14-9-15(2)16(3)19(10-14)22-18-6-5-17(20-7-8-23-12-24-20)11-21(18)25-13-26(22)4;1-13-7-14(2)15(3)18(8-13)20-17-6-5-16(21-23-10-22-11-24-21)9-19(17)25-12-26(20)4/h5-14H,1-4H3;3*5-13H,1-4H3;5-12H,1-4H3/q5*+1. The summed E-state index contributed by atoms with van der Waals surface area (Å²) in [5.74, 6) is 1.37. The molecule has 0 amide bonds. The monoisotopic (exact) mass is 1710 g/mol. The molecule has 0 aliphatic rings. The molecule has 0 radical (unpaired) electrons. The highest BCUT2D eigenvalue weighted by atomic mass is 15.0. The Labute approximate surface area is 758 Å². The lowest BCUT2D eigenvalue weighted by atomic mass is 9.95. The maximum atomic E-state index is 4.67. The van der Waals surface area contributed by atoms with Crippen LogP contribution in [0.2, 0.25) is 0 Å². The van der Waals surface area contributed by atoms with Crippen LogP contribution in [0, 0.1) is 104 Å². The van der Waals surface area contributed by atoms with Crippen LogP contribution in [0.15, 0.2) is 276 Å². The lowest BCUT2D eigenvalue weighted by Crippen LogP contribution is -2.32. The molecule has 0 bridgehead atoms. The van der Waals surface area contributed by atoms with Crippen molar-refractivity contribution < 1.29 is 22.8 Å². The predicted octanol–water partition coefficient (Wildman–Crippen LogP) is 20.5. The number of benzene rings is 10. The van der Waals surface area contributed by atoms with Crippen molar-refractivity contribution in [2.24, 2.45) is 35.2 Å². The molecule has 130 heavy (non-hydrogen) atoms. The summed E-state index contributed by atoms with van der Waals surface area (Å²) in [6, 6.07) is 61.8. The first-order chi connectivity index (χ1) is 62.7. The van der Waals surface area contributed by atoms with Gasteiger partial charge < -0.3 is 0 Å². The lowest BCUT2D eigenvalue weighted by Gasteiger charge is -2.12. The molecule has 0 saturated heterocycles. The summed E-state index contributed by atoms with van der Waals surface area (Å²) in [6.07, 6.45) is 28.1. The molecule has 0 aliphatic carbocycles. The number of nitrogens with zero attached hydrogens (tertiary/aromatic N) is 20. The van der Waals surface area contributed by atoms with Gasteiger partial charge >= 0.3 is 0 Å². The number of fused-ring (bicyclic) bond motifs is 5. The van der Waals surface area contributed by atoms with Gasteiger partial charge in [0.25, 0.3) is 31.6 Å². The molecule has 0 saturated carbocycles. The molecule has 20 aromatic rings. The minimum absolute atomic E-state index is 0.654. The Balaban J connectivity index is 0.000000119. The minimum atomic E-state index is 0.654. The number of hydrogen-bond donors (Lipinski definition) is 0. The van der Waals surface area contributed by atoms with E-state index < -0.39 is 0 Å². The summed E-state index contributed by atoms with van der Waals surface area (Å²) in [5, 5.41) is 5.68. The van der Waals surface area contributed by atoms with Gasteiger partial charge in [-0.05, 0) is 299 Å². The normalized spacial score (nSPS) is 11.1. The van der Waals surface area contributed by atoms with Crippen LogP contribution in [-0.2, 0) is 35.2 Å². The molecule has 640 valence electrons. The van der Waals surface area contributed by atoms with Crippen molar-refractivity contribution in [1.82, 2.24) is 74.8 Å². The summed E-state index contributed by atoms with van der Waals surface area (Å²) in [6.45, 7) is 32.5. The van der Waals surface area contributed by atoms with Crippen molar-refractivity contribution in [1.29, 1.82) is 0 Å². The van der Waals surface area contributed by atoms with E-state index in [1.165, 1.54) is 158 Å². The number of aryl methyl sites for hydroxylation is 15. The molecule has 0 unspecified atom stereocenters. The van der Waals surface area contributed by atoms with E-state index in [1.807, 2.05) is 94.5 Å². The summed E-state index contributed by atoms with van der Waals surface area (Å²) in [4.78, 5) is 65.3. The van der Waals surface area contributed by atoms with Crippen LogP contribution < -0.4 is 22.8 Å². The van der Waals surface area contributed by atoms with E-state index in [4.69, 9.17) is 0 Å². The van der Waals surface area contributed by atoms with E-state index in [1.54, 1.807) is 43.5 Å². The predicted molar refractivity (Wildman–Crippen MR) is 518 cm³/mol. The summed E-state index contributed by atoms with van der Waals surface area (Å²) >= 11 is 0. The van der Waals surface area contributed by atoms with Crippen LogP contribution in [0.25, 0.3) is 167 Å². The third-order valence-electron chi connectivity index (χ3n) is 24.5. The molecule has 0 aliphatic heterocycles. The number of hydrogen-bond acceptors (Lipinski definition) is 15. The van der Waals surface area contributed by atoms with Crippen LogP contribution in [0.5, 0.6) is 0 Å².